The summed E-state index contributed by atoms with van der Waals surface area (Å²) < 4.78 is 5.02. The number of imide groups is 1. The number of thioether (sulfide) groups is 1. The molecule has 2 aromatic rings. The van der Waals surface area contributed by atoms with Gasteiger partial charge in [-0.3, -0.25) is 19.2 Å². The van der Waals surface area contributed by atoms with E-state index in [1.54, 1.807) is 0 Å². The summed E-state index contributed by atoms with van der Waals surface area (Å²) >= 11 is 12.6. The van der Waals surface area contributed by atoms with Crippen LogP contribution in [0.2, 0.25) is 10.0 Å². The monoisotopic (exact) mass is 495 g/mol. The number of hydrogen-bond donors (Lipinski definition) is 1. The van der Waals surface area contributed by atoms with Crippen LogP contribution in [0, 0.1) is 0 Å². The molecule has 2 amide bonds. The van der Waals surface area contributed by atoms with Crippen molar-refractivity contribution in [2.24, 2.45) is 0 Å². The molecule has 0 radical (unpaired) electrons. The van der Waals surface area contributed by atoms with Crippen molar-refractivity contribution in [2.75, 3.05) is 17.3 Å². The molecule has 1 aliphatic heterocycles. The van der Waals surface area contributed by atoms with Crippen molar-refractivity contribution in [1.82, 2.24) is 0 Å². The van der Waals surface area contributed by atoms with Gasteiger partial charge in [0.15, 0.2) is 12.4 Å². The fourth-order valence-electron chi connectivity index (χ4n) is 2.89. The molecule has 0 aliphatic carbocycles. The predicted molar refractivity (Wildman–Crippen MR) is 119 cm³/mol. The summed E-state index contributed by atoms with van der Waals surface area (Å²) in [5, 5.41) is 8.48. The SMILES string of the molecule is O=C(O)CSC1CC(=O)N(c2ccc(C(=O)OCC(=O)c3ccc(Cl)c(Cl)c3)cc2)C1=O. The molecule has 1 heterocycles. The number of esters is 1. The quantitative estimate of drug-likeness (QED) is 0.335. The number of anilines is 1. The van der Waals surface area contributed by atoms with Gasteiger partial charge >= 0.3 is 11.9 Å². The highest BCUT2D eigenvalue weighted by atomic mass is 35.5. The van der Waals surface area contributed by atoms with Crippen molar-refractivity contribution in [3.05, 3.63) is 63.6 Å². The van der Waals surface area contributed by atoms with E-state index in [-0.39, 0.29) is 34.0 Å². The van der Waals surface area contributed by atoms with Gasteiger partial charge in [-0.05, 0) is 42.5 Å². The number of carbonyl (C=O) groups excluding carboxylic acids is 4. The number of carbonyl (C=O) groups is 5. The van der Waals surface area contributed by atoms with E-state index in [0.29, 0.717) is 5.02 Å². The third-order valence-electron chi connectivity index (χ3n) is 4.45. The Morgan fingerprint density at radius 3 is 2.31 bits per heavy atom. The van der Waals surface area contributed by atoms with Gasteiger partial charge < -0.3 is 9.84 Å². The molecule has 1 saturated heterocycles. The number of amides is 2. The molecule has 32 heavy (non-hydrogen) atoms. The first-order valence-electron chi connectivity index (χ1n) is 9.13. The molecule has 1 fully saturated rings. The zero-order valence-electron chi connectivity index (χ0n) is 16.2. The van der Waals surface area contributed by atoms with Crippen LogP contribution in [0.5, 0.6) is 0 Å². The molecular formula is C21H15Cl2NO7S. The van der Waals surface area contributed by atoms with E-state index < -0.39 is 41.4 Å². The van der Waals surface area contributed by atoms with Gasteiger partial charge in [-0.15, -0.1) is 11.8 Å². The second-order valence-corrected chi connectivity index (χ2v) is 8.65. The zero-order chi connectivity index (χ0) is 23.4. The van der Waals surface area contributed by atoms with Gasteiger partial charge in [0.2, 0.25) is 11.8 Å². The molecular weight excluding hydrogens is 481 g/mol. The van der Waals surface area contributed by atoms with E-state index in [0.717, 1.165) is 16.7 Å². The van der Waals surface area contributed by atoms with Gasteiger partial charge in [0.25, 0.3) is 0 Å². The maximum Gasteiger partial charge on any atom is 0.338 e. The van der Waals surface area contributed by atoms with Crippen molar-refractivity contribution < 1.29 is 33.8 Å². The minimum absolute atomic E-state index is 0.0998. The molecule has 3 rings (SSSR count). The Hall–Kier alpha value is -2.88. The summed E-state index contributed by atoms with van der Waals surface area (Å²) in [5.74, 6) is -3.56. The number of nitrogens with zero attached hydrogens (tertiary/aromatic N) is 1. The van der Waals surface area contributed by atoms with Crippen molar-refractivity contribution in [1.29, 1.82) is 0 Å². The molecule has 1 N–H and O–H groups in total. The van der Waals surface area contributed by atoms with Gasteiger partial charge in [0, 0.05) is 12.0 Å². The number of rotatable bonds is 8. The highest BCUT2D eigenvalue weighted by Crippen LogP contribution is 2.30. The lowest BCUT2D eigenvalue weighted by Crippen LogP contribution is -2.31. The number of carboxylic acid groups (broad SMARTS) is 1. The Labute approximate surface area is 196 Å². The average molecular weight is 496 g/mol. The predicted octanol–water partition coefficient (Wildman–Crippen LogP) is 3.48. The molecule has 1 unspecified atom stereocenters. The third kappa shape index (κ3) is 5.48. The molecule has 0 spiro atoms. The minimum Gasteiger partial charge on any atom is -0.481 e. The summed E-state index contributed by atoms with van der Waals surface area (Å²) in [6, 6.07) is 9.82. The van der Waals surface area contributed by atoms with Crippen LogP contribution in [0.25, 0.3) is 0 Å². The van der Waals surface area contributed by atoms with Crippen molar-refractivity contribution in [3.63, 3.8) is 0 Å². The van der Waals surface area contributed by atoms with Gasteiger partial charge in [-0.1, -0.05) is 23.2 Å². The standard InChI is InChI=1S/C21H15Cl2NO7S/c22-14-6-3-12(7-15(14)23)16(25)9-31-21(30)11-1-4-13(5-2-11)24-18(26)8-17(20(24)29)32-10-19(27)28/h1-7,17H,8-10H2,(H,27,28). The summed E-state index contributed by atoms with van der Waals surface area (Å²) in [4.78, 5) is 60.7. The molecule has 166 valence electrons. The summed E-state index contributed by atoms with van der Waals surface area (Å²) in [6.07, 6.45) is -0.0998. The number of halogens is 2. The summed E-state index contributed by atoms with van der Waals surface area (Å²) in [7, 11) is 0. The Morgan fingerprint density at radius 2 is 1.69 bits per heavy atom. The van der Waals surface area contributed by atoms with Crippen LogP contribution in [0.1, 0.15) is 27.1 Å². The molecule has 1 aliphatic rings. The Kier molecular flexibility index (Phi) is 7.55. The summed E-state index contributed by atoms with van der Waals surface area (Å²) in [5.41, 5.74) is 0.609. The van der Waals surface area contributed by atoms with Gasteiger partial charge in [-0.2, -0.15) is 0 Å². The third-order valence-corrected chi connectivity index (χ3v) is 6.37. The molecule has 2 aromatic carbocycles. The zero-order valence-corrected chi connectivity index (χ0v) is 18.6. The van der Waals surface area contributed by atoms with Crippen LogP contribution in [-0.4, -0.2) is 52.3 Å². The van der Waals surface area contributed by atoms with E-state index in [1.165, 1.54) is 42.5 Å². The first-order chi connectivity index (χ1) is 15.2. The maximum atomic E-state index is 12.4. The lowest BCUT2D eigenvalue weighted by molar-refractivity contribution is -0.134. The Balaban J connectivity index is 1.61. The lowest BCUT2D eigenvalue weighted by Gasteiger charge is -2.15. The first-order valence-corrected chi connectivity index (χ1v) is 10.9. The van der Waals surface area contributed by atoms with Crippen LogP contribution in [0.3, 0.4) is 0 Å². The number of aliphatic carboxylic acids is 1. The molecule has 11 heteroatoms. The fourth-order valence-corrected chi connectivity index (χ4v) is 4.04. The maximum absolute atomic E-state index is 12.4. The van der Waals surface area contributed by atoms with E-state index in [9.17, 15) is 24.0 Å². The highest BCUT2D eigenvalue weighted by Gasteiger charge is 2.40. The Morgan fingerprint density at radius 1 is 1.03 bits per heavy atom. The topological polar surface area (TPSA) is 118 Å². The first kappa shape index (κ1) is 23.8. The van der Waals surface area contributed by atoms with Crippen molar-refractivity contribution >= 4 is 70.2 Å². The Bertz CT molecular complexity index is 1100. The van der Waals surface area contributed by atoms with Crippen LogP contribution in [0.15, 0.2) is 42.5 Å². The second-order valence-electron chi connectivity index (χ2n) is 6.64. The van der Waals surface area contributed by atoms with Crippen molar-refractivity contribution in [3.8, 4) is 0 Å². The normalized spacial score (nSPS) is 15.7. The van der Waals surface area contributed by atoms with E-state index in [4.69, 9.17) is 33.0 Å². The van der Waals surface area contributed by atoms with Crippen LogP contribution in [0.4, 0.5) is 5.69 Å². The number of carboxylic acids is 1. The van der Waals surface area contributed by atoms with Crippen LogP contribution in [-0.2, 0) is 19.1 Å². The molecule has 0 saturated carbocycles. The highest BCUT2D eigenvalue weighted by molar-refractivity contribution is 8.01. The number of ether oxygens (including phenoxy) is 1. The smallest absolute Gasteiger partial charge is 0.338 e. The van der Waals surface area contributed by atoms with E-state index >= 15 is 0 Å². The van der Waals surface area contributed by atoms with Crippen LogP contribution >= 0.6 is 35.0 Å². The largest absolute Gasteiger partial charge is 0.481 e. The lowest BCUT2D eigenvalue weighted by atomic mass is 10.1. The summed E-state index contributed by atoms with van der Waals surface area (Å²) in [6.45, 7) is -0.510. The van der Waals surface area contributed by atoms with Crippen LogP contribution < -0.4 is 4.90 Å². The van der Waals surface area contributed by atoms with Gasteiger partial charge in [0.05, 0.1) is 32.3 Å². The average Bonchev–Trinajstić information content (AvgIpc) is 3.05. The molecule has 8 nitrogen and oxygen atoms in total. The van der Waals surface area contributed by atoms with Gasteiger partial charge in [0.1, 0.15) is 0 Å². The fraction of sp³-hybridized carbons (Fsp3) is 0.190. The number of Topliss-reactive ketones (excluding diaryl/α,β-unsaturated/α-hetero) is 1. The number of hydrogen-bond acceptors (Lipinski definition) is 7. The number of ketones is 1. The van der Waals surface area contributed by atoms with E-state index in [2.05, 4.69) is 0 Å². The molecule has 0 aromatic heterocycles. The molecule has 0 bridgehead atoms. The molecule has 1 atom stereocenters. The van der Waals surface area contributed by atoms with Gasteiger partial charge in [-0.25, -0.2) is 9.69 Å². The minimum atomic E-state index is -1.07. The second kappa shape index (κ2) is 10.2. The van der Waals surface area contributed by atoms with Crippen molar-refractivity contribution in [2.45, 2.75) is 11.7 Å². The number of benzene rings is 2. The van der Waals surface area contributed by atoms with E-state index in [1.807, 2.05) is 0 Å².